The molecule has 2 rings (SSSR count). The van der Waals surface area contributed by atoms with Crippen molar-refractivity contribution in [3.63, 3.8) is 0 Å². The Kier molecular flexibility index (Phi) is 4.10. The van der Waals surface area contributed by atoms with E-state index in [-0.39, 0.29) is 6.04 Å². The predicted octanol–water partition coefficient (Wildman–Crippen LogP) is 0.881. The van der Waals surface area contributed by atoms with E-state index in [1.54, 1.807) is 0 Å². The molecule has 0 aromatic heterocycles. The first-order chi connectivity index (χ1) is 9.90. The van der Waals surface area contributed by atoms with E-state index < -0.39 is 46.2 Å². The topological polar surface area (TPSA) is 101 Å². The SMILES string of the molecule is O=C(CNC(=O)c1c(F)ccc([N+](=O)[O-])c1F)NC1CC1. The van der Waals surface area contributed by atoms with Crippen molar-refractivity contribution in [2.75, 3.05) is 6.54 Å². The number of hydrogen-bond donors (Lipinski definition) is 2. The Hall–Kier alpha value is -2.58. The van der Waals surface area contributed by atoms with Gasteiger partial charge in [-0.3, -0.25) is 19.7 Å². The van der Waals surface area contributed by atoms with Crippen molar-refractivity contribution in [2.24, 2.45) is 0 Å². The van der Waals surface area contributed by atoms with Crippen LogP contribution in [0.2, 0.25) is 0 Å². The molecule has 112 valence electrons. The van der Waals surface area contributed by atoms with Crippen molar-refractivity contribution in [1.29, 1.82) is 0 Å². The zero-order chi connectivity index (χ0) is 15.6. The minimum absolute atomic E-state index is 0.0840. The van der Waals surface area contributed by atoms with Crippen LogP contribution >= 0.6 is 0 Å². The fourth-order valence-electron chi connectivity index (χ4n) is 1.65. The van der Waals surface area contributed by atoms with Gasteiger partial charge in [-0.05, 0) is 18.9 Å². The molecular weight excluding hydrogens is 288 g/mol. The molecule has 0 aliphatic heterocycles. The summed E-state index contributed by atoms with van der Waals surface area (Å²) in [5, 5.41) is 15.1. The van der Waals surface area contributed by atoms with Crippen LogP contribution in [0.3, 0.4) is 0 Å². The number of carbonyl (C=O) groups is 2. The summed E-state index contributed by atoms with van der Waals surface area (Å²) in [5.41, 5.74) is -2.09. The van der Waals surface area contributed by atoms with Gasteiger partial charge in [0, 0.05) is 12.1 Å². The quantitative estimate of drug-likeness (QED) is 0.622. The third kappa shape index (κ3) is 3.50. The molecule has 0 saturated heterocycles. The molecule has 2 N–H and O–H groups in total. The molecule has 0 spiro atoms. The van der Waals surface area contributed by atoms with E-state index in [2.05, 4.69) is 5.32 Å². The monoisotopic (exact) mass is 299 g/mol. The molecular formula is C12H11F2N3O4. The first kappa shape index (κ1) is 14.8. The largest absolute Gasteiger partial charge is 0.352 e. The van der Waals surface area contributed by atoms with Crippen molar-refractivity contribution in [3.8, 4) is 0 Å². The molecule has 0 atom stereocenters. The molecule has 1 aromatic rings. The highest BCUT2D eigenvalue weighted by Crippen LogP contribution is 2.23. The second kappa shape index (κ2) is 5.81. The summed E-state index contributed by atoms with van der Waals surface area (Å²) in [6.07, 6.45) is 1.71. The minimum atomic E-state index is -1.57. The lowest BCUT2D eigenvalue weighted by atomic mass is 10.1. The molecule has 9 heteroatoms. The zero-order valence-corrected chi connectivity index (χ0v) is 10.7. The van der Waals surface area contributed by atoms with E-state index in [0.29, 0.717) is 12.1 Å². The maximum Gasteiger partial charge on any atom is 0.305 e. The summed E-state index contributed by atoms with van der Waals surface area (Å²) in [6.45, 7) is -0.461. The normalized spacial score (nSPS) is 13.6. The Labute approximate surface area is 117 Å². The van der Waals surface area contributed by atoms with Gasteiger partial charge in [-0.1, -0.05) is 0 Å². The maximum atomic E-state index is 13.7. The number of amides is 2. The zero-order valence-electron chi connectivity index (χ0n) is 10.7. The number of nitrogens with zero attached hydrogens (tertiary/aromatic N) is 1. The number of halogens is 2. The summed E-state index contributed by atoms with van der Waals surface area (Å²) in [7, 11) is 0. The van der Waals surface area contributed by atoms with Gasteiger partial charge in [0.15, 0.2) is 0 Å². The third-order valence-electron chi connectivity index (χ3n) is 2.85. The highest BCUT2D eigenvalue weighted by molar-refractivity contribution is 5.97. The van der Waals surface area contributed by atoms with Crippen LogP contribution in [0.5, 0.6) is 0 Å². The Balaban J connectivity index is 2.08. The van der Waals surface area contributed by atoms with Gasteiger partial charge in [-0.15, -0.1) is 0 Å². The van der Waals surface area contributed by atoms with Crippen LogP contribution in [0.15, 0.2) is 12.1 Å². The third-order valence-corrected chi connectivity index (χ3v) is 2.85. The highest BCUT2D eigenvalue weighted by atomic mass is 19.1. The number of nitro groups is 1. The van der Waals surface area contributed by atoms with Crippen molar-refractivity contribution in [2.45, 2.75) is 18.9 Å². The van der Waals surface area contributed by atoms with Gasteiger partial charge in [0.05, 0.1) is 11.5 Å². The molecule has 0 bridgehead atoms. The summed E-state index contributed by atoms with van der Waals surface area (Å²) in [4.78, 5) is 32.5. The summed E-state index contributed by atoms with van der Waals surface area (Å²) in [5.74, 6) is -4.52. The van der Waals surface area contributed by atoms with E-state index in [0.717, 1.165) is 12.8 Å². The molecule has 21 heavy (non-hydrogen) atoms. The lowest BCUT2D eigenvalue weighted by molar-refractivity contribution is -0.387. The van der Waals surface area contributed by atoms with Crippen LogP contribution in [0.1, 0.15) is 23.2 Å². The lowest BCUT2D eigenvalue weighted by Gasteiger charge is -2.07. The van der Waals surface area contributed by atoms with Crippen LogP contribution in [0, 0.1) is 21.7 Å². The van der Waals surface area contributed by atoms with Crippen molar-refractivity contribution >= 4 is 17.5 Å². The smallest absolute Gasteiger partial charge is 0.305 e. The van der Waals surface area contributed by atoms with E-state index in [4.69, 9.17) is 0 Å². The summed E-state index contributed by atoms with van der Waals surface area (Å²) < 4.78 is 27.2. The average molecular weight is 299 g/mol. The molecule has 1 saturated carbocycles. The first-order valence-corrected chi connectivity index (χ1v) is 6.10. The van der Waals surface area contributed by atoms with E-state index in [9.17, 15) is 28.5 Å². The van der Waals surface area contributed by atoms with E-state index in [1.165, 1.54) is 0 Å². The van der Waals surface area contributed by atoms with E-state index >= 15 is 0 Å². The molecule has 0 heterocycles. The Morgan fingerprint density at radius 3 is 2.57 bits per heavy atom. The number of hydrogen-bond acceptors (Lipinski definition) is 4. The number of rotatable bonds is 5. The van der Waals surface area contributed by atoms with Gasteiger partial charge in [0.1, 0.15) is 11.4 Å². The predicted molar refractivity (Wildman–Crippen MR) is 66.5 cm³/mol. The molecule has 1 aliphatic carbocycles. The first-order valence-electron chi connectivity index (χ1n) is 6.10. The minimum Gasteiger partial charge on any atom is -0.352 e. The number of nitro benzene ring substituents is 1. The fourth-order valence-corrected chi connectivity index (χ4v) is 1.65. The van der Waals surface area contributed by atoms with Crippen molar-refractivity contribution < 1.29 is 23.3 Å². The second-order valence-electron chi connectivity index (χ2n) is 4.54. The van der Waals surface area contributed by atoms with Crippen LogP contribution in [0.4, 0.5) is 14.5 Å². The lowest BCUT2D eigenvalue weighted by Crippen LogP contribution is -2.38. The summed E-state index contributed by atoms with van der Waals surface area (Å²) >= 11 is 0. The van der Waals surface area contributed by atoms with E-state index in [1.807, 2.05) is 5.32 Å². The van der Waals surface area contributed by atoms with Crippen LogP contribution in [-0.2, 0) is 4.79 Å². The molecule has 1 aromatic carbocycles. The van der Waals surface area contributed by atoms with Gasteiger partial charge < -0.3 is 10.6 Å². The van der Waals surface area contributed by atoms with Gasteiger partial charge in [0.2, 0.25) is 11.7 Å². The Bertz CT molecular complexity index is 617. The van der Waals surface area contributed by atoms with Gasteiger partial charge in [-0.2, -0.15) is 4.39 Å². The maximum absolute atomic E-state index is 13.7. The van der Waals surface area contributed by atoms with Gasteiger partial charge in [0.25, 0.3) is 5.91 Å². The molecule has 7 nitrogen and oxygen atoms in total. The van der Waals surface area contributed by atoms with Gasteiger partial charge in [-0.25, -0.2) is 4.39 Å². The average Bonchev–Trinajstić information content (AvgIpc) is 3.19. The molecule has 0 unspecified atom stereocenters. The second-order valence-corrected chi connectivity index (χ2v) is 4.54. The van der Waals surface area contributed by atoms with Crippen molar-refractivity contribution in [1.82, 2.24) is 10.6 Å². The Morgan fingerprint density at radius 2 is 2.00 bits per heavy atom. The number of nitrogens with one attached hydrogen (secondary N) is 2. The van der Waals surface area contributed by atoms with Crippen molar-refractivity contribution in [3.05, 3.63) is 39.4 Å². The Morgan fingerprint density at radius 1 is 1.33 bits per heavy atom. The van der Waals surface area contributed by atoms with Crippen LogP contribution in [0.25, 0.3) is 0 Å². The molecule has 0 radical (unpaired) electrons. The highest BCUT2D eigenvalue weighted by Gasteiger charge is 2.27. The molecule has 1 aliphatic rings. The fraction of sp³-hybridized carbons (Fsp3) is 0.333. The van der Waals surface area contributed by atoms with Crippen LogP contribution in [-0.4, -0.2) is 29.3 Å². The van der Waals surface area contributed by atoms with Gasteiger partial charge >= 0.3 is 5.69 Å². The molecule has 1 fully saturated rings. The molecule has 2 amide bonds. The number of benzene rings is 1. The summed E-state index contributed by atoms with van der Waals surface area (Å²) in [6, 6.07) is 1.34. The van der Waals surface area contributed by atoms with Crippen LogP contribution < -0.4 is 10.6 Å². The standard InChI is InChI=1S/C12H11F2N3O4/c13-7-3-4-8(17(20)21)11(14)10(7)12(19)15-5-9(18)16-6-1-2-6/h3-4,6H,1-2,5H2,(H,15,19)(H,16,18). The number of carbonyl (C=O) groups excluding carboxylic acids is 2.